The van der Waals surface area contributed by atoms with Gasteiger partial charge in [0.2, 0.25) is 0 Å². The highest BCUT2D eigenvalue weighted by molar-refractivity contribution is 7.47. The number of aldehydes is 1. The number of benzene rings is 10. The summed E-state index contributed by atoms with van der Waals surface area (Å²) in [5, 5.41) is 9.00. The number of carbonyl (C=O) groups excluding carboxylic acids is 1. The summed E-state index contributed by atoms with van der Waals surface area (Å²) in [6, 6.07) is 59.6. The summed E-state index contributed by atoms with van der Waals surface area (Å²) in [5.74, 6) is 2.08. The third-order valence-electron chi connectivity index (χ3n) is 16.5. The lowest BCUT2D eigenvalue weighted by Gasteiger charge is -2.23. The first-order chi connectivity index (χ1) is 41.0. The number of ether oxygens (including phenoxy) is 3. The molecule has 8 nitrogen and oxygen atoms in total. The number of carbonyl (C=O) groups is 1. The Kier molecular flexibility index (Phi) is 14.7. The normalized spacial score (nSPS) is 12.6. The summed E-state index contributed by atoms with van der Waals surface area (Å²) in [4.78, 5) is 13.2. The van der Waals surface area contributed by atoms with Gasteiger partial charge in [0.1, 0.15) is 45.9 Å². The zero-order valence-electron chi connectivity index (χ0n) is 51.9. The van der Waals surface area contributed by atoms with E-state index in [9.17, 15) is 4.79 Å². The van der Waals surface area contributed by atoms with Gasteiger partial charge in [-0.1, -0.05) is 192 Å². The van der Waals surface area contributed by atoms with E-state index in [0.29, 0.717) is 45.1 Å². The highest BCUT2D eigenvalue weighted by Crippen LogP contribution is 2.62. The molecule has 0 N–H and O–H groups in total. The molecular formula is C76H74O8P2. The molecule has 0 saturated carbocycles. The van der Waals surface area contributed by atoms with Gasteiger partial charge in [-0.3, -0.25) is 4.79 Å². The van der Waals surface area contributed by atoms with Gasteiger partial charge in [0.05, 0.1) is 31.9 Å². The van der Waals surface area contributed by atoms with Crippen LogP contribution in [0.3, 0.4) is 0 Å². The minimum Gasteiger partial charge on any atom is -0.497 e. The third-order valence-corrected chi connectivity index (χ3v) is 19.5. The Hall–Kier alpha value is -8.41. The topological polar surface area (TPSA) is 97.3 Å². The minimum atomic E-state index is -2.21. The van der Waals surface area contributed by atoms with Crippen LogP contribution < -0.4 is 14.2 Å². The summed E-state index contributed by atoms with van der Waals surface area (Å²) in [6.45, 7) is 26.4. The number of hydrogen-bond donors (Lipinski definition) is 0. The van der Waals surface area contributed by atoms with E-state index in [4.69, 9.17) is 31.0 Å². The number of methoxy groups -OCH3 is 3. The summed E-state index contributed by atoms with van der Waals surface area (Å²) in [6.07, 6.45) is 0.925. The van der Waals surface area contributed by atoms with Crippen molar-refractivity contribution in [2.75, 3.05) is 21.3 Å². The monoisotopic (exact) mass is 1180 g/mol. The molecular weight excluding hydrogens is 1100 g/mol. The summed E-state index contributed by atoms with van der Waals surface area (Å²) in [7, 11) is 0.744. The lowest BCUT2D eigenvalue weighted by Crippen LogP contribution is -2.12. The third kappa shape index (κ3) is 10.3. The second-order valence-corrected chi connectivity index (χ2v) is 29.2. The summed E-state index contributed by atoms with van der Waals surface area (Å²) >= 11 is 0. The van der Waals surface area contributed by atoms with Gasteiger partial charge in [0.15, 0.2) is 0 Å². The first-order valence-electron chi connectivity index (χ1n) is 29.4. The SMILES string of the molecule is COc1cc(C(C)(C)C)c2op(-c3c(-c4ccccc4)cc4ccccc4c3-c3c(-p4oc5c(C(C)(C)C)cc(OC)cc5c5cc(OC)cc(C(C)(C)C)c5o4)c(-c4ccccc4)cc4ccccc34)oc3c(C(C)(C)C)cc(C=O)cc3c2c1. The molecule has 0 saturated heterocycles. The van der Waals surface area contributed by atoms with E-state index in [-0.39, 0.29) is 0 Å². The predicted molar refractivity (Wildman–Crippen MR) is 360 cm³/mol. The van der Waals surface area contributed by atoms with Crippen LogP contribution in [0.5, 0.6) is 17.2 Å². The van der Waals surface area contributed by atoms with E-state index in [1.807, 2.05) is 18.2 Å². The van der Waals surface area contributed by atoms with E-state index in [1.54, 1.807) is 21.3 Å². The fraction of sp³-hybridized carbons (Fsp3) is 0.250. The molecule has 0 spiro atoms. The highest BCUT2D eigenvalue weighted by atomic mass is 31.1. The van der Waals surface area contributed by atoms with E-state index < -0.39 is 37.7 Å². The van der Waals surface area contributed by atoms with Crippen LogP contribution in [-0.4, -0.2) is 27.6 Å². The molecule has 436 valence electrons. The van der Waals surface area contributed by atoms with E-state index in [0.717, 1.165) is 116 Å². The molecule has 0 radical (unpaired) electrons. The minimum absolute atomic E-state index is 0.421. The van der Waals surface area contributed by atoms with E-state index >= 15 is 0 Å². The van der Waals surface area contributed by atoms with Crippen molar-refractivity contribution in [3.63, 3.8) is 0 Å². The Bertz CT molecular complexity index is 4670. The van der Waals surface area contributed by atoms with Gasteiger partial charge in [-0.15, -0.1) is 0 Å². The average molecular weight is 1180 g/mol. The molecule has 0 bridgehead atoms. The molecule has 1 unspecified atom stereocenters. The maximum atomic E-state index is 13.2. The van der Waals surface area contributed by atoms with Gasteiger partial charge < -0.3 is 31.0 Å². The molecule has 10 aromatic carbocycles. The molecule has 12 rings (SSSR count). The second-order valence-electron chi connectivity index (χ2n) is 26.6. The van der Waals surface area contributed by atoms with Crippen molar-refractivity contribution in [2.24, 2.45) is 0 Å². The lowest BCUT2D eigenvalue weighted by atomic mass is 9.83. The molecule has 12 aromatic rings. The van der Waals surface area contributed by atoms with Crippen LogP contribution in [-0.2, 0) is 21.7 Å². The van der Waals surface area contributed by atoms with E-state index in [2.05, 4.69) is 235 Å². The number of rotatable bonds is 9. The average Bonchev–Trinajstić information content (AvgIpc) is 1.21. The zero-order valence-corrected chi connectivity index (χ0v) is 53.7. The Morgan fingerprint density at radius 1 is 0.349 bits per heavy atom. The quantitative estimate of drug-likeness (QED) is 0.132. The molecule has 0 aliphatic rings. The largest absolute Gasteiger partial charge is 0.497 e. The summed E-state index contributed by atoms with van der Waals surface area (Å²) in [5.41, 5.74) is 11.0. The Balaban J connectivity index is 1.42. The molecule has 0 amide bonds. The van der Waals surface area contributed by atoms with Crippen LogP contribution in [0, 0.1) is 0 Å². The van der Waals surface area contributed by atoms with Crippen molar-refractivity contribution in [3.8, 4) is 61.2 Å². The van der Waals surface area contributed by atoms with Gasteiger partial charge >= 0.3 is 0 Å². The highest BCUT2D eigenvalue weighted by Gasteiger charge is 2.34. The molecule has 0 aliphatic carbocycles. The maximum absolute atomic E-state index is 13.2. The molecule has 0 aliphatic heterocycles. The number of fused-ring (bicyclic) bond motifs is 8. The number of hydrogen-bond acceptors (Lipinski definition) is 8. The standard InChI is InChI=1S/C76H74O8P2/c1-73(2,3)61-35-45(44-77)34-57-58-38-50(78-13)41-62(74(4,5)6)68(58)82-85(81-67(57)61)71-55(46-26-18-16-19-27-46)36-48-30-22-24-32-53(48)65(71)66-54-33-25-23-31-49(54)37-56(47-28-20-17-21-29-47)72(66)86-83-69-59(39-51(79-14)42-63(69)75(7,8)9)60-40-52(80-15)43-64(70(60)84-86)76(10,11)12/h16-44H,1-15H3. The fourth-order valence-corrected chi connectivity index (χ4v) is 15.6. The van der Waals surface area contributed by atoms with Gasteiger partial charge in [0, 0.05) is 71.6 Å². The van der Waals surface area contributed by atoms with Crippen molar-refractivity contribution in [2.45, 2.75) is 105 Å². The Morgan fingerprint density at radius 2 is 0.651 bits per heavy atom. The van der Waals surface area contributed by atoms with Gasteiger partial charge in [-0.2, -0.15) is 0 Å². The van der Waals surface area contributed by atoms with Crippen LogP contribution in [0.25, 0.3) is 109 Å². The fourth-order valence-electron chi connectivity index (χ4n) is 12.1. The van der Waals surface area contributed by atoms with Crippen molar-refractivity contribution >= 4 is 87.7 Å². The van der Waals surface area contributed by atoms with Crippen molar-refractivity contribution in [1.29, 1.82) is 0 Å². The molecule has 2 heterocycles. The van der Waals surface area contributed by atoms with Crippen molar-refractivity contribution in [1.82, 2.24) is 0 Å². The molecule has 1 atom stereocenters. The first kappa shape index (κ1) is 58.0. The molecule has 0 fully saturated rings. The molecule has 2 aromatic heterocycles. The zero-order chi connectivity index (χ0) is 60.8. The van der Waals surface area contributed by atoms with Crippen LogP contribution in [0.2, 0.25) is 0 Å². The predicted octanol–water partition coefficient (Wildman–Crippen LogP) is 23.2. The Morgan fingerprint density at radius 3 is 0.965 bits per heavy atom. The maximum Gasteiger partial charge on any atom is 0.254 e. The van der Waals surface area contributed by atoms with Gasteiger partial charge in [-0.25, -0.2) is 0 Å². The van der Waals surface area contributed by atoms with Gasteiger partial charge in [-0.05, 0) is 115 Å². The van der Waals surface area contributed by atoms with Crippen LogP contribution in [0.4, 0.5) is 0 Å². The molecule has 10 heteroatoms. The Labute approximate surface area is 505 Å². The second kappa shape index (κ2) is 21.8. The van der Waals surface area contributed by atoms with E-state index in [1.165, 1.54) is 0 Å². The van der Waals surface area contributed by atoms with Crippen LogP contribution in [0.1, 0.15) is 116 Å². The van der Waals surface area contributed by atoms with Crippen LogP contribution in [0.15, 0.2) is 187 Å². The van der Waals surface area contributed by atoms with Crippen molar-refractivity contribution in [3.05, 3.63) is 198 Å². The van der Waals surface area contributed by atoms with Crippen LogP contribution >= 0.6 is 16.0 Å². The molecule has 86 heavy (non-hydrogen) atoms. The van der Waals surface area contributed by atoms with Crippen molar-refractivity contribution < 1.29 is 35.8 Å². The smallest absolute Gasteiger partial charge is 0.254 e. The van der Waals surface area contributed by atoms with Gasteiger partial charge in [0.25, 0.3) is 16.0 Å². The summed E-state index contributed by atoms with van der Waals surface area (Å²) < 4.78 is 50.5. The lowest BCUT2D eigenvalue weighted by molar-refractivity contribution is 0.112. The first-order valence-corrected chi connectivity index (χ1v) is 31.7.